The van der Waals surface area contributed by atoms with Gasteiger partial charge in [-0.05, 0) is 23.3 Å². The van der Waals surface area contributed by atoms with Gasteiger partial charge in [0, 0.05) is 24.3 Å². The minimum absolute atomic E-state index is 0. The fraction of sp³-hybridized carbons (Fsp3) is 0. The molecule has 8 nitrogen and oxygen atoms in total. The topological polar surface area (TPSA) is 134 Å². The van der Waals surface area contributed by atoms with Gasteiger partial charge in [0.1, 0.15) is 9.79 Å². The zero-order valence-corrected chi connectivity index (χ0v) is 13.5. The Kier molecular flexibility index (Phi) is 5.36. The summed E-state index contributed by atoms with van der Waals surface area (Å²) in [4.78, 5) is -0.905. The number of nitrogens with zero attached hydrogens (tertiary/aromatic N) is 2. The number of hydrogen-bond donors (Lipinski definition) is 2. The molecule has 11 heteroatoms. The van der Waals surface area contributed by atoms with Crippen LogP contribution in [0.25, 0.3) is 17.7 Å². The molecule has 6 rings (SSSR count). The van der Waals surface area contributed by atoms with Crippen molar-refractivity contribution in [3.8, 4) is 0 Å². The summed E-state index contributed by atoms with van der Waals surface area (Å²) in [5.41, 5.74) is 10.4. The molecule has 0 amide bonds. The van der Waals surface area contributed by atoms with Gasteiger partial charge in [-0.3, -0.25) is 9.11 Å². The summed E-state index contributed by atoms with van der Waals surface area (Å²) in [7, 11) is -9.15. The van der Waals surface area contributed by atoms with E-state index in [1.54, 1.807) is 0 Å². The van der Waals surface area contributed by atoms with E-state index in [0.29, 0.717) is 4.70 Å². The van der Waals surface area contributed by atoms with Crippen LogP contribution >= 0.6 is 0 Å². The molecule has 0 atom stereocenters. The van der Waals surface area contributed by atoms with Crippen molar-refractivity contribution in [3.05, 3.63) is 53.1 Å². The fourth-order valence-corrected chi connectivity index (χ4v) is 3.77. The van der Waals surface area contributed by atoms with Crippen LogP contribution < -0.4 is 4.70 Å². The van der Waals surface area contributed by atoms with E-state index < -0.39 is 30.0 Å². The Morgan fingerprint density at radius 2 is 1.12 bits per heavy atom. The molecule has 4 aliphatic rings. The van der Waals surface area contributed by atoms with Gasteiger partial charge in [0.15, 0.2) is 0 Å². The molecule has 126 valence electrons. The van der Waals surface area contributed by atoms with Gasteiger partial charge in [-0.25, -0.2) is 4.70 Å². The zero-order chi connectivity index (χ0) is 17.7. The fourth-order valence-electron chi connectivity index (χ4n) is 2.36. The predicted molar refractivity (Wildman–Crippen MR) is 93.4 cm³/mol. The maximum absolute atomic E-state index is 11.5. The Balaban J connectivity index is 0.00000225. The van der Waals surface area contributed by atoms with Crippen molar-refractivity contribution in [2.24, 2.45) is 0 Å². The van der Waals surface area contributed by atoms with Crippen LogP contribution in [-0.2, 0) is 20.2 Å². The standard InChI is InChI=1S/C14H10N2O6S2.Na.H/c15-16-11-5-3-9(13(7-11)23(17,18)19)1-2-10-4-6-12(16)8-14(10)24(20,21)22;;/h1-8H,(H,17,18,19)(H,20,21,22);;/b2-1+;;. The van der Waals surface area contributed by atoms with Gasteiger partial charge in [-0.2, -0.15) is 16.8 Å². The second-order valence-corrected chi connectivity index (χ2v) is 7.82. The average molecular weight is 390 g/mol. The quantitative estimate of drug-likeness (QED) is 0.390. The summed E-state index contributed by atoms with van der Waals surface area (Å²) in [5, 5.41) is 0. The molecule has 0 aliphatic carbocycles. The van der Waals surface area contributed by atoms with Crippen molar-refractivity contribution in [1.82, 2.24) is 4.70 Å². The number of rotatable bonds is 2. The molecule has 2 N–H and O–H groups in total. The first-order chi connectivity index (χ1) is 11.1. The van der Waals surface area contributed by atoms with E-state index in [9.17, 15) is 31.5 Å². The van der Waals surface area contributed by atoms with Gasteiger partial charge >= 0.3 is 29.6 Å². The third-order valence-corrected chi connectivity index (χ3v) is 5.30. The number of benzene rings is 2. The molecule has 0 aromatic heterocycles. The second-order valence-electron chi connectivity index (χ2n) is 5.04. The van der Waals surface area contributed by atoms with E-state index in [-0.39, 0.29) is 52.1 Å². The Hall–Kier alpha value is -1.40. The summed E-state index contributed by atoms with van der Waals surface area (Å²) in [5.74, 6) is 0. The molecule has 4 aliphatic heterocycles. The molecule has 4 heterocycles. The van der Waals surface area contributed by atoms with Crippen LogP contribution in [0.15, 0.2) is 46.2 Å². The molecular weight excluding hydrogens is 379 g/mol. The van der Waals surface area contributed by atoms with Crippen molar-refractivity contribution >= 4 is 73.3 Å². The summed E-state index contributed by atoms with van der Waals surface area (Å²) in [6.45, 7) is 0. The molecule has 0 unspecified atom stereocenters. The zero-order valence-electron chi connectivity index (χ0n) is 11.9. The first-order valence-electron chi connectivity index (χ1n) is 6.47. The monoisotopic (exact) mass is 390 g/mol. The van der Waals surface area contributed by atoms with Crippen molar-refractivity contribution in [2.75, 3.05) is 0 Å². The van der Waals surface area contributed by atoms with Gasteiger partial charge in [0.2, 0.25) is 11.4 Å². The molecule has 2 aromatic carbocycles. The second kappa shape index (κ2) is 6.72. The summed E-state index contributed by atoms with van der Waals surface area (Å²) in [6, 6.07) is 7.55. The average Bonchev–Trinajstić information content (AvgIpc) is 2.56. The normalized spacial score (nSPS) is 14.7. The molecule has 2 aromatic rings. The van der Waals surface area contributed by atoms with Gasteiger partial charge in [0.25, 0.3) is 20.2 Å². The van der Waals surface area contributed by atoms with E-state index >= 15 is 0 Å². The van der Waals surface area contributed by atoms with Crippen LogP contribution in [0, 0.1) is 0 Å². The summed E-state index contributed by atoms with van der Waals surface area (Å²) < 4.78 is 65.4. The Morgan fingerprint density at radius 1 is 0.760 bits per heavy atom. The predicted octanol–water partition coefficient (Wildman–Crippen LogP) is 1.87. The Labute approximate surface area is 166 Å². The van der Waals surface area contributed by atoms with E-state index in [0.717, 1.165) is 12.1 Å². The van der Waals surface area contributed by atoms with E-state index in [4.69, 9.17) is 0 Å². The number of hydrogen-bond acceptors (Lipinski definition) is 4. The molecule has 0 spiro atoms. The molecule has 0 saturated heterocycles. The maximum atomic E-state index is 11.5. The molecule has 0 radical (unpaired) electrons. The van der Waals surface area contributed by atoms with Crippen LogP contribution in [0.3, 0.4) is 0 Å². The van der Waals surface area contributed by atoms with Crippen molar-refractivity contribution < 1.29 is 25.9 Å². The van der Waals surface area contributed by atoms with Crippen molar-refractivity contribution in [2.45, 2.75) is 9.79 Å². The molecular formula is C14H11N2NaO6S2. The van der Waals surface area contributed by atoms with Gasteiger partial charge < -0.3 is 5.53 Å². The third kappa shape index (κ3) is 3.90. The molecule has 0 fully saturated rings. The van der Waals surface area contributed by atoms with Crippen molar-refractivity contribution in [3.63, 3.8) is 0 Å². The SMILES string of the molecule is [N-]=[N+]1c2ccc(c(S(=O)(=O)O)c2)/C=C/c2ccc1cc2S(=O)(=O)O.[NaH]. The van der Waals surface area contributed by atoms with Gasteiger partial charge in [-0.15, -0.1) is 0 Å². The molecule has 0 saturated carbocycles. The molecule has 4 bridgehead atoms. The minimum atomic E-state index is -4.58. The Morgan fingerprint density at radius 3 is 1.44 bits per heavy atom. The van der Waals surface area contributed by atoms with Crippen molar-refractivity contribution in [1.29, 1.82) is 0 Å². The van der Waals surface area contributed by atoms with Crippen LogP contribution in [0.4, 0.5) is 11.4 Å². The van der Waals surface area contributed by atoms with Crippen LogP contribution in [0.5, 0.6) is 0 Å². The molecule has 25 heavy (non-hydrogen) atoms. The first kappa shape index (κ1) is 19.9. The van der Waals surface area contributed by atoms with Crippen LogP contribution in [-0.4, -0.2) is 55.5 Å². The third-order valence-electron chi connectivity index (χ3n) is 3.48. The van der Waals surface area contributed by atoms with Crippen LogP contribution in [0.2, 0.25) is 0 Å². The Bertz CT molecular complexity index is 1040. The van der Waals surface area contributed by atoms with E-state index in [1.165, 1.54) is 36.4 Å². The van der Waals surface area contributed by atoms with Gasteiger partial charge in [0.05, 0.1) is 0 Å². The first-order valence-corrected chi connectivity index (χ1v) is 9.35. The van der Waals surface area contributed by atoms with E-state index in [2.05, 4.69) is 0 Å². The summed E-state index contributed by atoms with van der Waals surface area (Å²) in [6.07, 6.45) is 2.56. The van der Waals surface area contributed by atoms with Crippen LogP contribution in [0.1, 0.15) is 11.1 Å². The van der Waals surface area contributed by atoms with E-state index in [1.807, 2.05) is 0 Å². The summed E-state index contributed by atoms with van der Waals surface area (Å²) >= 11 is 0. The van der Waals surface area contributed by atoms with Gasteiger partial charge in [-0.1, -0.05) is 12.2 Å².